The average molecular weight is 264 g/mol. The number of esters is 1. The summed E-state index contributed by atoms with van der Waals surface area (Å²) in [7, 11) is 1.31. The van der Waals surface area contributed by atoms with Gasteiger partial charge in [0, 0.05) is 11.6 Å². The zero-order valence-corrected chi connectivity index (χ0v) is 10.5. The van der Waals surface area contributed by atoms with Gasteiger partial charge in [-0.05, 0) is 12.1 Å². The Bertz CT molecular complexity index is 542. The minimum atomic E-state index is -0.493. The van der Waals surface area contributed by atoms with E-state index in [0.717, 1.165) is 5.01 Å². The SMILES string of the molecule is COC(=O)c1ccc(N)c(NCc2nccs2)n1. The van der Waals surface area contributed by atoms with E-state index in [9.17, 15) is 4.79 Å². The van der Waals surface area contributed by atoms with Crippen LogP contribution in [-0.4, -0.2) is 23.0 Å². The topological polar surface area (TPSA) is 90.1 Å². The first-order chi connectivity index (χ1) is 8.70. The molecule has 2 heterocycles. The van der Waals surface area contributed by atoms with E-state index in [0.29, 0.717) is 18.1 Å². The number of hydrogen-bond donors (Lipinski definition) is 2. The van der Waals surface area contributed by atoms with Crippen molar-refractivity contribution < 1.29 is 9.53 Å². The van der Waals surface area contributed by atoms with Gasteiger partial charge in [-0.25, -0.2) is 14.8 Å². The average Bonchev–Trinajstić information content (AvgIpc) is 2.90. The summed E-state index contributed by atoms with van der Waals surface area (Å²) in [5.41, 5.74) is 6.46. The van der Waals surface area contributed by atoms with Crippen LogP contribution in [0.2, 0.25) is 0 Å². The molecule has 2 aromatic heterocycles. The minimum Gasteiger partial charge on any atom is -0.464 e. The molecule has 0 aliphatic heterocycles. The Morgan fingerprint density at radius 1 is 1.56 bits per heavy atom. The zero-order chi connectivity index (χ0) is 13.0. The molecule has 7 heteroatoms. The summed E-state index contributed by atoms with van der Waals surface area (Å²) in [4.78, 5) is 19.6. The third-order valence-electron chi connectivity index (χ3n) is 2.21. The second-order valence-corrected chi connectivity index (χ2v) is 4.38. The van der Waals surface area contributed by atoms with Crippen LogP contribution >= 0.6 is 11.3 Å². The van der Waals surface area contributed by atoms with Crippen LogP contribution in [-0.2, 0) is 11.3 Å². The molecule has 0 aliphatic rings. The summed E-state index contributed by atoms with van der Waals surface area (Å²) in [6, 6.07) is 3.14. The highest BCUT2D eigenvalue weighted by Gasteiger charge is 2.10. The molecule has 0 saturated heterocycles. The predicted molar refractivity (Wildman–Crippen MR) is 69.4 cm³/mol. The van der Waals surface area contributed by atoms with Crippen molar-refractivity contribution in [3.8, 4) is 0 Å². The maximum absolute atomic E-state index is 11.3. The molecule has 2 aromatic rings. The molecule has 0 unspecified atom stereocenters. The van der Waals surface area contributed by atoms with Crippen LogP contribution < -0.4 is 11.1 Å². The highest BCUT2D eigenvalue weighted by atomic mass is 32.1. The first kappa shape index (κ1) is 12.3. The molecular weight excluding hydrogens is 252 g/mol. The van der Waals surface area contributed by atoms with Gasteiger partial charge in [-0.2, -0.15) is 0 Å². The largest absolute Gasteiger partial charge is 0.464 e. The highest BCUT2D eigenvalue weighted by Crippen LogP contribution is 2.17. The van der Waals surface area contributed by atoms with E-state index >= 15 is 0 Å². The molecule has 3 N–H and O–H groups in total. The standard InChI is InChI=1S/C11H12N4O2S/c1-17-11(16)8-3-2-7(12)10(15-8)14-6-9-13-4-5-18-9/h2-5H,6,12H2,1H3,(H,14,15). The van der Waals surface area contributed by atoms with Crippen molar-refractivity contribution in [3.05, 3.63) is 34.4 Å². The van der Waals surface area contributed by atoms with E-state index in [-0.39, 0.29) is 5.69 Å². The number of aromatic nitrogens is 2. The molecule has 6 nitrogen and oxygen atoms in total. The van der Waals surface area contributed by atoms with Crippen LogP contribution in [0.5, 0.6) is 0 Å². The van der Waals surface area contributed by atoms with E-state index in [2.05, 4.69) is 20.0 Å². The van der Waals surface area contributed by atoms with Crippen molar-refractivity contribution in [3.63, 3.8) is 0 Å². The number of nitrogens with one attached hydrogen (secondary N) is 1. The third kappa shape index (κ3) is 2.75. The summed E-state index contributed by atoms with van der Waals surface area (Å²) in [5.74, 6) is -0.0413. The fourth-order valence-corrected chi connectivity index (χ4v) is 1.89. The fourth-order valence-electron chi connectivity index (χ4n) is 1.33. The number of methoxy groups -OCH3 is 1. The van der Waals surface area contributed by atoms with Crippen LogP contribution in [0.3, 0.4) is 0 Å². The molecule has 0 bridgehead atoms. The lowest BCUT2D eigenvalue weighted by molar-refractivity contribution is 0.0594. The Hall–Kier alpha value is -2.15. The molecule has 0 aliphatic carbocycles. The number of ether oxygens (including phenoxy) is 1. The van der Waals surface area contributed by atoms with E-state index < -0.39 is 5.97 Å². The van der Waals surface area contributed by atoms with E-state index in [1.807, 2.05) is 5.38 Å². The Kier molecular flexibility index (Phi) is 3.73. The number of nitrogens with two attached hydrogens (primary N) is 1. The molecular formula is C11H12N4O2S. The van der Waals surface area contributed by atoms with Crippen LogP contribution in [0.1, 0.15) is 15.5 Å². The van der Waals surface area contributed by atoms with E-state index in [1.165, 1.54) is 24.5 Å². The van der Waals surface area contributed by atoms with Crippen molar-refractivity contribution >= 4 is 28.8 Å². The quantitative estimate of drug-likeness (QED) is 0.814. The second kappa shape index (κ2) is 5.46. The molecule has 0 aromatic carbocycles. The van der Waals surface area contributed by atoms with Crippen LogP contribution in [0.4, 0.5) is 11.5 Å². The van der Waals surface area contributed by atoms with Crippen molar-refractivity contribution in [1.29, 1.82) is 0 Å². The van der Waals surface area contributed by atoms with Gasteiger partial charge in [0.15, 0.2) is 11.5 Å². The van der Waals surface area contributed by atoms with Crippen LogP contribution in [0, 0.1) is 0 Å². The third-order valence-corrected chi connectivity index (χ3v) is 2.99. The normalized spacial score (nSPS) is 10.1. The summed E-state index contributed by atoms with van der Waals surface area (Å²) in [6.07, 6.45) is 1.73. The maximum atomic E-state index is 11.3. The van der Waals surface area contributed by atoms with Crippen molar-refractivity contribution in [2.45, 2.75) is 6.54 Å². The summed E-state index contributed by atoms with van der Waals surface area (Å²) in [5, 5.41) is 5.84. The number of pyridine rings is 1. The molecule has 94 valence electrons. The molecule has 2 rings (SSSR count). The lowest BCUT2D eigenvalue weighted by Gasteiger charge is -2.08. The van der Waals surface area contributed by atoms with Crippen molar-refractivity contribution in [1.82, 2.24) is 9.97 Å². The number of anilines is 2. The maximum Gasteiger partial charge on any atom is 0.356 e. The molecule has 0 spiro atoms. The zero-order valence-electron chi connectivity index (χ0n) is 9.71. The number of thiazole rings is 1. The Labute approximate surface area is 108 Å². The number of nitrogens with zero attached hydrogens (tertiary/aromatic N) is 2. The van der Waals surface area contributed by atoms with Gasteiger partial charge in [0.2, 0.25) is 0 Å². The van der Waals surface area contributed by atoms with Crippen LogP contribution in [0.25, 0.3) is 0 Å². The van der Waals surface area contributed by atoms with Gasteiger partial charge in [0.1, 0.15) is 5.01 Å². The highest BCUT2D eigenvalue weighted by molar-refractivity contribution is 7.09. The predicted octanol–water partition coefficient (Wildman–Crippen LogP) is 1.52. The monoisotopic (exact) mass is 264 g/mol. The second-order valence-electron chi connectivity index (χ2n) is 3.41. The van der Waals surface area contributed by atoms with E-state index in [4.69, 9.17) is 5.73 Å². The number of hydrogen-bond acceptors (Lipinski definition) is 7. The van der Waals surface area contributed by atoms with Crippen molar-refractivity contribution in [2.24, 2.45) is 0 Å². The molecule has 0 radical (unpaired) electrons. The summed E-state index contributed by atoms with van der Waals surface area (Å²) in [6.45, 7) is 0.513. The first-order valence-electron chi connectivity index (χ1n) is 5.18. The van der Waals surface area contributed by atoms with Gasteiger partial charge in [-0.1, -0.05) is 0 Å². The number of rotatable bonds is 4. The summed E-state index contributed by atoms with van der Waals surface area (Å²) < 4.78 is 4.60. The number of carbonyl (C=O) groups is 1. The van der Waals surface area contributed by atoms with E-state index in [1.54, 1.807) is 12.3 Å². The van der Waals surface area contributed by atoms with Gasteiger partial charge >= 0.3 is 5.97 Å². The van der Waals surface area contributed by atoms with Gasteiger partial charge in [-0.15, -0.1) is 11.3 Å². The lowest BCUT2D eigenvalue weighted by atomic mass is 10.3. The Morgan fingerprint density at radius 2 is 2.39 bits per heavy atom. The van der Waals surface area contributed by atoms with Gasteiger partial charge in [0.25, 0.3) is 0 Å². The molecule has 18 heavy (non-hydrogen) atoms. The first-order valence-corrected chi connectivity index (χ1v) is 6.05. The van der Waals surface area contributed by atoms with Crippen LogP contribution in [0.15, 0.2) is 23.7 Å². The Morgan fingerprint density at radius 3 is 3.06 bits per heavy atom. The van der Waals surface area contributed by atoms with Gasteiger partial charge in [0.05, 0.1) is 19.3 Å². The fraction of sp³-hybridized carbons (Fsp3) is 0.182. The lowest BCUT2D eigenvalue weighted by Crippen LogP contribution is -2.09. The molecule has 0 amide bonds. The summed E-state index contributed by atoms with van der Waals surface area (Å²) >= 11 is 1.53. The minimum absolute atomic E-state index is 0.216. The molecule has 0 atom stereocenters. The molecule has 0 fully saturated rings. The van der Waals surface area contributed by atoms with Gasteiger partial charge in [-0.3, -0.25) is 0 Å². The van der Waals surface area contributed by atoms with Gasteiger partial charge < -0.3 is 15.8 Å². The Balaban J connectivity index is 2.13. The smallest absolute Gasteiger partial charge is 0.356 e. The number of nitrogen functional groups attached to an aromatic ring is 1. The number of carbonyl (C=O) groups excluding carboxylic acids is 1. The molecule has 0 saturated carbocycles. The van der Waals surface area contributed by atoms with Crippen molar-refractivity contribution in [2.75, 3.05) is 18.2 Å².